The normalized spacial score (nSPS) is 20.7. The Hall–Kier alpha value is -1.40. The molecule has 2 atom stereocenters. The monoisotopic (exact) mass is 309 g/mol. The summed E-state index contributed by atoms with van der Waals surface area (Å²) in [6.07, 6.45) is 7.58. The van der Waals surface area contributed by atoms with Crippen LogP contribution in [0.1, 0.15) is 37.3 Å². The van der Waals surface area contributed by atoms with Crippen molar-refractivity contribution in [3.05, 3.63) is 22.7 Å². The summed E-state index contributed by atoms with van der Waals surface area (Å²) in [6, 6.07) is -0.245. The van der Waals surface area contributed by atoms with Gasteiger partial charge in [-0.2, -0.15) is 0 Å². The average Bonchev–Trinajstić information content (AvgIpc) is 3.06. The molecule has 0 aliphatic heterocycles. The van der Waals surface area contributed by atoms with E-state index in [2.05, 4.69) is 29.5 Å². The van der Waals surface area contributed by atoms with Crippen LogP contribution >= 0.6 is 11.3 Å². The van der Waals surface area contributed by atoms with E-state index in [4.69, 9.17) is 5.11 Å². The maximum atomic E-state index is 12.0. The highest BCUT2D eigenvalue weighted by molar-refractivity contribution is 7.15. The molecular weight excluding hydrogens is 286 g/mol. The lowest BCUT2D eigenvalue weighted by molar-refractivity contribution is 0.238. The lowest BCUT2D eigenvalue weighted by Gasteiger charge is -2.12. The Balaban J connectivity index is 1.89. The number of aryl methyl sites for hydroxylation is 2. The molecule has 0 radical (unpaired) electrons. The number of hydrogen-bond donors (Lipinski definition) is 3. The first kappa shape index (κ1) is 16.0. The van der Waals surface area contributed by atoms with Gasteiger partial charge in [0.15, 0.2) is 5.13 Å². The van der Waals surface area contributed by atoms with Crippen molar-refractivity contribution in [1.29, 1.82) is 0 Å². The number of hydrogen-bond acceptors (Lipinski definition) is 4. The molecule has 0 saturated heterocycles. The van der Waals surface area contributed by atoms with E-state index in [1.807, 2.05) is 12.2 Å². The van der Waals surface area contributed by atoms with Crippen molar-refractivity contribution in [2.45, 2.75) is 45.6 Å². The van der Waals surface area contributed by atoms with Crippen LogP contribution in [0.3, 0.4) is 0 Å². The molecule has 0 saturated carbocycles. The molecule has 0 unspecified atom stereocenters. The Morgan fingerprint density at radius 3 is 2.90 bits per heavy atom. The zero-order chi connectivity index (χ0) is 15.2. The number of rotatable bonds is 6. The summed E-state index contributed by atoms with van der Waals surface area (Å²) in [7, 11) is 0. The summed E-state index contributed by atoms with van der Waals surface area (Å²) in [4.78, 5) is 17.7. The molecule has 1 aromatic rings. The molecule has 2 rings (SSSR count). The molecule has 3 N–H and O–H groups in total. The number of carbonyl (C=O) groups is 1. The molecule has 2 amide bonds. The van der Waals surface area contributed by atoms with E-state index >= 15 is 0 Å². The van der Waals surface area contributed by atoms with Crippen LogP contribution in [0.5, 0.6) is 0 Å². The third-order valence-corrected chi connectivity index (χ3v) is 4.69. The van der Waals surface area contributed by atoms with E-state index in [-0.39, 0.29) is 24.6 Å². The van der Waals surface area contributed by atoms with E-state index in [0.717, 1.165) is 31.4 Å². The molecule has 1 aliphatic carbocycles. The first-order valence-corrected chi connectivity index (χ1v) is 8.33. The number of aliphatic hydroxyl groups is 1. The van der Waals surface area contributed by atoms with Gasteiger partial charge in [-0.25, -0.2) is 9.78 Å². The molecule has 6 heteroatoms. The van der Waals surface area contributed by atoms with Gasteiger partial charge in [-0.1, -0.05) is 32.4 Å². The van der Waals surface area contributed by atoms with Gasteiger partial charge >= 0.3 is 6.03 Å². The van der Waals surface area contributed by atoms with Crippen LogP contribution in [0.25, 0.3) is 0 Å². The van der Waals surface area contributed by atoms with Crippen LogP contribution < -0.4 is 10.6 Å². The van der Waals surface area contributed by atoms with Crippen molar-refractivity contribution < 1.29 is 9.90 Å². The van der Waals surface area contributed by atoms with Gasteiger partial charge in [0.2, 0.25) is 0 Å². The second-order valence-electron chi connectivity index (χ2n) is 5.26. The Labute approximate surface area is 129 Å². The standard InChI is InChI=1S/C15H23N3O2S/c1-3-5-12-13(4-2)21-15(17-12)18-14(20)16-11-7-6-10(8-11)9-19/h6-7,10-11,19H,3-5,8-9H2,1-2H3,(H2,16,17,18,20)/t10-,11+/m0/s1. The summed E-state index contributed by atoms with van der Waals surface area (Å²) < 4.78 is 0. The zero-order valence-corrected chi connectivity index (χ0v) is 13.4. The van der Waals surface area contributed by atoms with Gasteiger partial charge in [0.05, 0.1) is 5.69 Å². The molecule has 5 nitrogen and oxygen atoms in total. The molecule has 0 bridgehead atoms. The quantitative estimate of drug-likeness (QED) is 0.707. The fourth-order valence-electron chi connectivity index (χ4n) is 2.46. The van der Waals surface area contributed by atoms with Gasteiger partial charge in [-0.15, -0.1) is 11.3 Å². The summed E-state index contributed by atoms with van der Waals surface area (Å²) in [5.41, 5.74) is 1.10. The van der Waals surface area contributed by atoms with Crippen molar-refractivity contribution in [2.24, 2.45) is 5.92 Å². The first-order chi connectivity index (χ1) is 10.2. The number of nitrogens with one attached hydrogen (secondary N) is 2. The summed E-state index contributed by atoms with van der Waals surface area (Å²) in [5.74, 6) is 0.151. The molecule has 0 aromatic carbocycles. The number of anilines is 1. The van der Waals surface area contributed by atoms with E-state index in [0.29, 0.717) is 5.13 Å². The fraction of sp³-hybridized carbons (Fsp3) is 0.600. The summed E-state index contributed by atoms with van der Waals surface area (Å²) in [5, 5.41) is 15.4. The summed E-state index contributed by atoms with van der Waals surface area (Å²) in [6.45, 7) is 4.36. The molecule has 1 aliphatic rings. The SMILES string of the molecule is CCCc1nc(NC(=O)N[C@@H]2C=C[C@H](CO)C2)sc1CC. The van der Waals surface area contributed by atoms with Gasteiger partial charge in [-0.3, -0.25) is 5.32 Å². The minimum absolute atomic E-state index is 0.0112. The van der Waals surface area contributed by atoms with Crippen molar-refractivity contribution in [3.63, 3.8) is 0 Å². The van der Waals surface area contributed by atoms with Gasteiger partial charge in [0, 0.05) is 23.4 Å². The average molecular weight is 309 g/mol. The van der Waals surface area contributed by atoms with Crippen molar-refractivity contribution in [3.8, 4) is 0 Å². The Bertz CT molecular complexity index is 513. The van der Waals surface area contributed by atoms with Gasteiger partial charge < -0.3 is 10.4 Å². The van der Waals surface area contributed by atoms with Gasteiger partial charge in [-0.05, 0) is 19.3 Å². The fourth-order valence-corrected chi connectivity index (χ4v) is 3.41. The van der Waals surface area contributed by atoms with E-state index in [1.165, 1.54) is 4.88 Å². The van der Waals surface area contributed by atoms with Crippen molar-refractivity contribution >= 4 is 22.5 Å². The number of aromatic nitrogens is 1. The van der Waals surface area contributed by atoms with Crippen molar-refractivity contribution in [1.82, 2.24) is 10.3 Å². The smallest absolute Gasteiger partial charge is 0.321 e. The third-order valence-electron chi connectivity index (χ3n) is 3.53. The topological polar surface area (TPSA) is 74.2 Å². The van der Waals surface area contributed by atoms with E-state index in [1.54, 1.807) is 11.3 Å². The molecule has 0 fully saturated rings. The lowest BCUT2D eigenvalue weighted by Crippen LogP contribution is -2.36. The van der Waals surface area contributed by atoms with Crippen LogP contribution in [0.2, 0.25) is 0 Å². The second kappa shape index (κ2) is 7.56. The van der Waals surface area contributed by atoms with E-state index in [9.17, 15) is 4.79 Å². The van der Waals surface area contributed by atoms with Crippen LogP contribution in [-0.2, 0) is 12.8 Å². The number of aliphatic hydroxyl groups excluding tert-OH is 1. The van der Waals surface area contributed by atoms with Crippen LogP contribution in [-0.4, -0.2) is 28.8 Å². The molecule has 116 valence electrons. The molecule has 1 heterocycles. The number of nitrogens with zero attached hydrogens (tertiary/aromatic N) is 1. The first-order valence-electron chi connectivity index (χ1n) is 7.51. The molecule has 21 heavy (non-hydrogen) atoms. The largest absolute Gasteiger partial charge is 0.396 e. The molecular formula is C15H23N3O2S. The van der Waals surface area contributed by atoms with E-state index < -0.39 is 0 Å². The number of thiazole rings is 1. The Morgan fingerprint density at radius 1 is 1.48 bits per heavy atom. The predicted octanol–water partition coefficient (Wildman–Crippen LogP) is 2.72. The van der Waals surface area contributed by atoms with Gasteiger partial charge in [0.25, 0.3) is 0 Å². The maximum absolute atomic E-state index is 12.0. The van der Waals surface area contributed by atoms with Crippen LogP contribution in [0, 0.1) is 5.92 Å². The zero-order valence-electron chi connectivity index (χ0n) is 12.6. The highest BCUT2D eigenvalue weighted by Crippen LogP contribution is 2.25. The van der Waals surface area contributed by atoms with Crippen LogP contribution in [0.4, 0.5) is 9.93 Å². The Kier molecular flexibility index (Phi) is 5.76. The predicted molar refractivity (Wildman–Crippen MR) is 85.8 cm³/mol. The third kappa shape index (κ3) is 4.28. The highest BCUT2D eigenvalue weighted by Gasteiger charge is 2.20. The highest BCUT2D eigenvalue weighted by atomic mass is 32.1. The maximum Gasteiger partial charge on any atom is 0.321 e. The molecule has 1 aromatic heterocycles. The summed E-state index contributed by atoms with van der Waals surface area (Å²) >= 11 is 1.55. The van der Waals surface area contributed by atoms with Crippen LogP contribution in [0.15, 0.2) is 12.2 Å². The number of carbonyl (C=O) groups excluding carboxylic acids is 1. The van der Waals surface area contributed by atoms with Gasteiger partial charge in [0.1, 0.15) is 0 Å². The minimum atomic E-state index is -0.234. The molecule has 0 spiro atoms. The number of amides is 2. The van der Waals surface area contributed by atoms with Crippen molar-refractivity contribution in [2.75, 3.05) is 11.9 Å². The Morgan fingerprint density at radius 2 is 2.29 bits per heavy atom. The number of urea groups is 1. The minimum Gasteiger partial charge on any atom is -0.396 e. The lowest BCUT2D eigenvalue weighted by atomic mass is 10.1. The second-order valence-corrected chi connectivity index (χ2v) is 6.34.